The number of likely N-dealkylation sites (tertiary alicyclic amines) is 1. The summed E-state index contributed by atoms with van der Waals surface area (Å²) in [5.74, 6) is -1.26. The second-order valence-corrected chi connectivity index (χ2v) is 5.95. The molecular weight excluding hydrogens is 320 g/mol. The Balaban J connectivity index is 1.77. The Labute approximate surface area is 137 Å². The molecule has 1 fully saturated rings. The zero-order valence-corrected chi connectivity index (χ0v) is 13.0. The van der Waals surface area contributed by atoms with Crippen molar-refractivity contribution in [3.05, 3.63) is 41.0 Å². The summed E-state index contributed by atoms with van der Waals surface area (Å²) in [6.07, 6.45) is 1.26. The number of hydrogen-bond acceptors (Lipinski definition) is 4. The van der Waals surface area contributed by atoms with Crippen LogP contribution >= 0.6 is 11.6 Å². The molecule has 6 nitrogen and oxygen atoms in total. The molecule has 1 aliphatic rings. The maximum absolute atomic E-state index is 12.5. The number of aliphatic carboxylic acids is 1. The molecule has 1 amide bonds. The smallest absolute Gasteiger partial charge is 0.308 e. The van der Waals surface area contributed by atoms with E-state index in [0.29, 0.717) is 30.2 Å². The van der Waals surface area contributed by atoms with E-state index in [4.69, 9.17) is 21.2 Å². The largest absolute Gasteiger partial charge is 0.481 e. The number of carboxylic acids is 1. The van der Waals surface area contributed by atoms with E-state index in [0.717, 1.165) is 5.56 Å². The van der Waals surface area contributed by atoms with Gasteiger partial charge in [0.1, 0.15) is 0 Å². The van der Waals surface area contributed by atoms with E-state index in [1.807, 2.05) is 6.07 Å². The lowest BCUT2D eigenvalue weighted by atomic mass is 9.98. The van der Waals surface area contributed by atoms with Crippen molar-refractivity contribution in [1.82, 2.24) is 10.1 Å². The van der Waals surface area contributed by atoms with Crippen LogP contribution < -0.4 is 0 Å². The van der Waals surface area contributed by atoms with Gasteiger partial charge in [0.25, 0.3) is 5.91 Å². The van der Waals surface area contributed by atoms with Crippen molar-refractivity contribution >= 4 is 23.5 Å². The Hall–Kier alpha value is -2.34. The van der Waals surface area contributed by atoms with Crippen molar-refractivity contribution in [3.63, 3.8) is 0 Å². The number of carboxylic acid groups (broad SMARTS) is 1. The van der Waals surface area contributed by atoms with Gasteiger partial charge in [0.05, 0.1) is 5.92 Å². The highest BCUT2D eigenvalue weighted by atomic mass is 35.5. The van der Waals surface area contributed by atoms with Gasteiger partial charge in [-0.25, -0.2) is 0 Å². The lowest BCUT2D eigenvalue weighted by molar-refractivity contribution is -0.143. The minimum absolute atomic E-state index is 0.172. The first-order chi connectivity index (χ1) is 11.0. The van der Waals surface area contributed by atoms with E-state index in [1.165, 1.54) is 4.90 Å². The molecule has 1 unspecified atom stereocenters. The zero-order valence-electron chi connectivity index (χ0n) is 12.2. The first kappa shape index (κ1) is 15.6. The van der Waals surface area contributed by atoms with Gasteiger partial charge in [-0.15, -0.1) is 0 Å². The fourth-order valence-corrected chi connectivity index (χ4v) is 2.87. The van der Waals surface area contributed by atoms with Crippen molar-refractivity contribution < 1.29 is 19.2 Å². The summed E-state index contributed by atoms with van der Waals surface area (Å²) in [5, 5.41) is 13.5. The molecular formula is C16H15ClN2O4. The standard InChI is InChI=1S/C16H15ClN2O4/c17-12-5-1-3-10(7-12)14-8-13(18-23-14)15(20)19-6-2-4-11(9-19)16(21)22/h1,3,5,7-8,11H,2,4,6,9H2,(H,21,22). The summed E-state index contributed by atoms with van der Waals surface area (Å²) >= 11 is 5.94. The van der Waals surface area contributed by atoms with Gasteiger partial charge in [-0.3, -0.25) is 9.59 Å². The van der Waals surface area contributed by atoms with E-state index in [9.17, 15) is 9.59 Å². The van der Waals surface area contributed by atoms with E-state index in [1.54, 1.807) is 24.3 Å². The van der Waals surface area contributed by atoms with Crippen LogP contribution in [0.2, 0.25) is 5.02 Å². The summed E-state index contributed by atoms with van der Waals surface area (Å²) in [4.78, 5) is 25.1. The third kappa shape index (κ3) is 3.37. The van der Waals surface area contributed by atoms with Gasteiger partial charge in [0, 0.05) is 29.7 Å². The van der Waals surface area contributed by atoms with Crippen LogP contribution in [0.4, 0.5) is 0 Å². The van der Waals surface area contributed by atoms with E-state index < -0.39 is 11.9 Å². The number of benzene rings is 1. The highest BCUT2D eigenvalue weighted by Gasteiger charge is 2.30. The average molecular weight is 335 g/mol. The Bertz CT molecular complexity index is 743. The minimum Gasteiger partial charge on any atom is -0.481 e. The van der Waals surface area contributed by atoms with Crippen LogP contribution in [-0.4, -0.2) is 40.1 Å². The van der Waals surface area contributed by atoms with E-state index >= 15 is 0 Å². The third-order valence-electron chi connectivity index (χ3n) is 3.90. The van der Waals surface area contributed by atoms with Gasteiger partial charge in [-0.2, -0.15) is 0 Å². The fourth-order valence-electron chi connectivity index (χ4n) is 2.68. The molecule has 1 aromatic carbocycles. The number of rotatable bonds is 3. The van der Waals surface area contributed by atoms with Crippen LogP contribution in [0.5, 0.6) is 0 Å². The fraction of sp³-hybridized carbons (Fsp3) is 0.312. The molecule has 7 heteroatoms. The molecule has 23 heavy (non-hydrogen) atoms. The van der Waals surface area contributed by atoms with Crippen molar-refractivity contribution in [2.75, 3.05) is 13.1 Å². The SMILES string of the molecule is O=C(O)C1CCCN(C(=O)c2cc(-c3cccc(Cl)c3)on2)C1. The van der Waals surface area contributed by atoms with E-state index in [-0.39, 0.29) is 18.1 Å². The molecule has 0 aliphatic carbocycles. The monoisotopic (exact) mass is 334 g/mol. The topological polar surface area (TPSA) is 83.6 Å². The Kier molecular flexibility index (Phi) is 4.34. The number of halogens is 1. The average Bonchev–Trinajstić information content (AvgIpc) is 3.04. The molecule has 0 radical (unpaired) electrons. The predicted molar refractivity (Wildman–Crippen MR) is 83.2 cm³/mol. The molecule has 1 aliphatic heterocycles. The van der Waals surface area contributed by atoms with Crippen LogP contribution in [0.1, 0.15) is 23.3 Å². The van der Waals surface area contributed by atoms with Gasteiger partial charge in [0.15, 0.2) is 11.5 Å². The Morgan fingerprint density at radius 3 is 2.91 bits per heavy atom. The molecule has 0 bridgehead atoms. The van der Waals surface area contributed by atoms with Crippen molar-refractivity contribution in [2.24, 2.45) is 5.92 Å². The molecule has 0 saturated carbocycles. The molecule has 120 valence electrons. The van der Waals surface area contributed by atoms with Gasteiger partial charge < -0.3 is 14.5 Å². The number of piperidine rings is 1. The highest BCUT2D eigenvalue weighted by molar-refractivity contribution is 6.30. The van der Waals surface area contributed by atoms with Crippen molar-refractivity contribution in [3.8, 4) is 11.3 Å². The third-order valence-corrected chi connectivity index (χ3v) is 4.13. The molecule has 1 saturated heterocycles. The zero-order chi connectivity index (χ0) is 16.4. The second-order valence-electron chi connectivity index (χ2n) is 5.52. The number of amides is 1. The maximum Gasteiger partial charge on any atom is 0.308 e. The molecule has 1 atom stereocenters. The molecule has 1 aromatic heterocycles. The number of carbonyl (C=O) groups excluding carboxylic acids is 1. The molecule has 3 rings (SSSR count). The number of carbonyl (C=O) groups is 2. The highest BCUT2D eigenvalue weighted by Crippen LogP contribution is 2.25. The van der Waals surface area contributed by atoms with Crippen LogP contribution in [0.3, 0.4) is 0 Å². The first-order valence-corrected chi connectivity index (χ1v) is 7.67. The van der Waals surface area contributed by atoms with Gasteiger partial charge in [-0.05, 0) is 25.0 Å². The summed E-state index contributed by atoms with van der Waals surface area (Å²) < 4.78 is 5.22. The number of nitrogens with zero attached hydrogens (tertiary/aromatic N) is 2. The van der Waals surface area contributed by atoms with Gasteiger partial charge >= 0.3 is 5.97 Å². The lowest BCUT2D eigenvalue weighted by Crippen LogP contribution is -2.42. The summed E-state index contributed by atoms with van der Waals surface area (Å²) in [5.41, 5.74) is 0.900. The van der Waals surface area contributed by atoms with Crippen LogP contribution in [0.25, 0.3) is 11.3 Å². The summed E-state index contributed by atoms with van der Waals surface area (Å²) in [6.45, 7) is 0.732. The van der Waals surface area contributed by atoms with Crippen LogP contribution in [0, 0.1) is 5.92 Å². The second kappa shape index (κ2) is 6.42. The summed E-state index contributed by atoms with van der Waals surface area (Å²) in [7, 11) is 0. The van der Waals surface area contributed by atoms with Gasteiger partial charge in [0.2, 0.25) is 0 Å². The lowest BCUT2D eigenvalue weighted by Gasteiger charge is -2.29. The van der Waals surface area contributed by atoms with Gasteiger partial charge in [-0.1, -0.05) is 28.9 Å². The van der Waals surface area contributed by atoms with Crippen LogP contribution in [0.15, 0.2) is 34.9 Å². The Morgan fingerprint density at radius 2 is 2.17 bits per heavy atom. The minimum atomic E-state index is -0.873. The number of hydrogen-bond donors (Lipinski definition) is 1. The quantitative estimate of drug-likeness (QED) is 0.933. The first-order valence-electron chi connectivity index (χ1n) is 7.29. The molecule has 2 aromatic rings. The molecule has 0 spiro atoms. The van der Waals surface area contributed by atoms with E-state index in [2.05, 4.69) is 5.16 Å². The van der Waals surface area contributed by atoms with Crippen molar-refractivity contribution in [1.29, 1.82) is 0 Å². The van der Waals surface area contributed by atoms with Crippen molar-refractivity contribution in [2.45, 2.75) is 12.8 Å². The normalized spacial score (nSPS) is 18.0. The summed E-state index contributed by atoms with van der Waals surface area (Å²) in [6, 6.07) is 8.61. The number of aromatic nitrogens is 1. The molecule has 2 heterocycles. The maximum atomic E-state index is 12.5. The van der Waals surface area contributed by atoms with Crippen LogP contribution in [-0.2, 0) is 4.79 Å². The predicted octanol–water partition coefficient (Wildman–Crippen LogP) is 2.93. The molecule has 1 N–H and O–H groups in total. The Morgan fingerprint density at radius 1 is 1.35 bits per heavy atom.